The highest BCUT2D eigenvalue weighted by atomic mass is 16.5. The summed E-state index contributed by atoms with van der Waals surface area (Å²) in [7, 11) is 7.73. The summed E-state index contributed by atoms with van der Waals surface area (Å²) in [5.74, 6) is 1.01. The number of phenols is 2. The predicted octanol–water partition coefficient (Wildman–Crippen LogP) is 0.358. The fourth-order valence-corrected chi connectivity index (χ4v) is 2.51. The maximum absolute atomic E-state index is 9.60. The van der Waals surface area contributed by atoms with Crippen LogP contribution >= 0.6 is 0 Å². The van der Waals surface area contributed by atoms with Gasteiger partial charge in [0, 0.05) is 41.6 Å². The van der Waals surface area contributed by atoms with Crippen LogP contribution in [0.1, 0.15) is 0 Å². The van der Waals surface area contributed by atoms with Crippen molar-refractivity contribution >= 4 is 17.8 Å². The van der Waals surface area contributed by atoms with Gasteiger partial charge in [-0.3, -0.25) is 14.7 Å². The van der Waals surface area contributed by atoms with Crippen molar-refractivity contribution < 1.29 is 39.0 Å². The summed E-state index contributed by atoms with van der Waals surface area (Å²) in [5, 5.41) is 26.9. The smallest absolute Gasteiger partial charge is 0.235 e. The molecule has 0 aliphatic rings. The monoisotopic (exact) mass is 486 g/mol. The number of phenolic OH excluding ortho intramolecular Hbond substituents is 2. The molecule has 0 radical (unpaired) electrons. The van der Waals surface area contributed by atoms with E-state index in [9.17, 15) is 5.11 Å². The third-order valence-corrected chi connectivity index (χ3v) is 3.87. The molecule has 1 aromatic heterocycles. The van der Waals surface area contributed by atoms with Crippen LogP contribution in [0, 0.1) is 0 Å². The first-order valence-electron chi connectivity index (χ1n) is 9.98. The Hall–Kier alpha value is -3.01. The fourth-order valence-electron chi connectivity index (χ4n) is 2.51. The summed E-state index contributed by atoms with van der Waals surface area (Å²) in [6.07, 6.45) is 0. The Morgan fingerprint density at radius 1 is 0.618 bits per heavy atom. The van der Waals surface area contributed by atoms with Gasteiger partial charge in [-0.2, -0.15) is 15.0 Å². The molecule has 1 aromatic carbocycles. The average molecular weight is 487 g/mol. The predicted molar refractivity (Wildman–Crippen MR) is 124 cm³/mol. The third-order valence-electron chi connectivity index (χ3n) is 3.87. The standard InChI is InChI=1S/C14H28N6O6.C6H6O2/c1-22-7-18(6-21)12-15-13(19(8-23-2)9-24-3)17-14(16-12)20(10-25-4)11-26-5;7-5-2-1-3-6(8)4-5/h21H,6-11H2,1-5H3;1-4,7-8H. The van der Waals surface area contributed by atoms with E-state index in [0.29, 0.717) is 11.9 Å². The van der Waals surface area contributed by atoms with Crippen molar-refractivity contribution in [1.82, 2.24) is 15.0 Å². The van der Waals surface area contributed by atoms with Gasteiger partial charge in [-0.25, -0.2) is 0 Å². The second-order valence-corrected chi connectivity index (χ2v) is 6.61. The number of hydrogen-bond donors (Lipinski definition) is 3. The van der Waals surface area contributed by atoms with Gasteiger partial charge >= 0.3 is 0 Å². The quantitative estimate of drug-likeness (QED) is 0.315. The van der Waals surface area contributed by atoms with E-state index in [1.54, 1.807) is 44.3 Å². The molecule has 2 rings (SSSR count). The van der Waals surface area contributed by atoms with Crippen LogP contribution in [0.5, 0.6) is 11.5 Å². The van der Waals surface area contributed by atoms with E-state index in [2.05, 4.69) is 15.0 Å². The lowest BCUT2D eigenvalue weighted by Gasteiger charge is -2.27. The molecule has 0 atom stereocenters. The van der Waals surface area contributed by atoms with Crippen LogP contribution in [0.4, 0.5) is 17.8 Å². The summed E-state index contributed by atoms with van der Waals surface area (Å²) in [4.78, 5) is 18.0. The Kier molecular flexibility index (Phi) is 14.2. The number of nitrogens with zero attached hydrogens (tertiary/aromatic N) is 6. The lowest BCUT2D eigenvalue weighted by Crippen LogP contribution is -2.35. The Balaban J connectivity index is 0.000000605. The van der Waals surface area contributed by atoms with E-state index >= 15 is 0 Å². The Bertz CT molecular complexity index is 755. The third kappa shape index (κ3) is 9.86. The molecule has 14 nitrogen and oxygen atoms in total. The van der Waals surface area contributed by atoms with Crippen molar-refractivity contribution in [3.63, 3.8) is 0 Å². The van der Waals surface area contributed by atoms with Gasteiger partial charge in [-0.05, 0) is 12.1 Å². The number of rotatable bonds is 14. The summed E-state index contributed by atoms with van der Waals surface area (Å²) < 4.78 is 25.8. The topological polar surface area (TPSA) is 155 Å². The van der Waals surface area contributed by atoms with Crippen molar-refractivity contribution in [3.8, 4) is 11.5 Å². The molecule has 34 heavy (non-hydrogen) atoms. The van der Waals surface area contributed by atoms with Gasteiger partial charge in [-0.15, -0.1) is 0 Å². The minimum atomic E-state index is -0.333. The SMILES string of the molecule is COCN(CO)c1nc(N(COC)COC)nc(N(COC)COC)n1.Oc1cccc(O)c1. The van der Waals surface area contributed by atoms with Gasteiger partial charge in [0.05, 0.1) is 0 Å². The Morgan fingerprint density at radius 2 is 0.941 bits per heavy atom. The van der Waals surface area contributed by atoms with E-state index in [4.69, 9.17) is 33.9 Å². The van der Waals surface area contributed by atoms with Crippen LogP contribution in [0.2, 0.25) is 0 Å². The number of aromatic hydroxyl groups is 2. The van der Waals surface area contributed by atoms with Gasteiger partial charge in [0.25, 0.3) is 0 Å². The van der Waals surface area contributed by atoms with Crippen molar-refractivity contribution in [2.45, 2.75) is 0 Å². The van der Waals surface area contributed by atoms with Crippen LogP contribution in [0.15, 0.2) is 24.3 Å². The molecule has 0 unspecified atom stereocenters. The van der Waals surface area contributed by atoms with Crippen molar-refractivity contribution in [3.05, 3.63) is 24.3 Å². The van der Waals surface area contributed by atoms with Crippen molar-refractivity contribution in [1.29, 1.82) is 0 Å². The van der Waals surface area contributed by atoms with Crippen LogP contribution in [-0.4, -0.2) is 106 Å². The number of aromatic nitrogens is 3. The zero-order chi connectivity index (χ0) is 25.3. The molecular formula is C20H34N6O8. The van der Waals surface area contributed by atoms with Gasteiger partial charge in [0.15, 0.2) is 0 Å². The van der Waals surface area contributed by atoms with Gasteiger partial charge in [0.2, 0.25) is 17.8 Å². The first kappa shape index (κ1) is 29.0. The van der Waals surface area contributed by atoms with E-state index in [-0.39, 0.29) is 57.8 Å². The molecule has 3 N–H and O–H groups in total. The molecule has 0 aliphatic heterocycles. The first-order valence-corrected chi connectivity index (χ1v) is 9.98. The van der Waals surface area contributed by atoms with Gasteiger partial charge < -0.3 is 39.0 Å². The first-order chi connectivity index (χ1) is 16.4. The molecule has 0 bridgehead atoms. The molecule has 14 heteroatoms. The maximum Gasteiger partial charge on any atom is 0.235 e. The highest BCUT2D eigenvalue weighted by Gasteiger charge is 2.20. The summed E-state index contributed by atoms with van der Waals surface area (Å²) in [6, 6.07) is 5.85. The number of aliphatic hydroxyl groups is 1. The molecule has 192 valence electrons. The van der Waals surface area contributed by atoms with E-state index in [1.165, 1.54) is 30.2 Å². The fraction of sp³-hybridized carbons (Fsp3) is 0.550. The van der Waals surface area contributed by atoms with E-state index < -0.39 is 0 Å². The molecule has 0 spiro atoms. The Labute approximate surface area is 198 Å². The molecule has 1 heterocycles. The number of aliphatic hydroxyl groups excluding tert-OH is 1. The second-order valence-electron chi connectivity index (χ2n) is 6.61. The van der Waals surface area contributed by atoms with Crippen LogP contribution < -0.4 is 14.7 Å². The van der Waals surface area contributed by atoms with Crippen molar-refractivity contribution in [2.24, 2.45) is 0 Å². The number of anilines is 3. The molecule has 0 fully saturated rings. The van der Waals surface area contributed by atoms with E-state index in [0.717, 1.165) is 0 Å². The normalized spacial score (nSPS) is 10.4. The molecule has 0 aliphatic carbocycles. The zero-order valence-corrected chi connectivity index (χ0v) is 20.1. The molecule has 2 aromatic rings. The molecular weight excluding hydrogens is 452 g/mol. The summed E-state index contributed by atoms with van der Waals surface area (Å²) >= 11 is 0. The van der Waals surface area contributed by atoms with Crippen molar-refractivity contribution in [2.75, 3.05) is 90.6 Å². The maximum atomic E-state index is 9.60. The zero-order valence-electron chi connectivity index (χ0n) is 20.1. The van der Waals surface area contributed by atoms with Crippen LogP contribution in [0.25, 0.3) is 0 Å². The van der Waals surface area contributed by atoms with E-state index in [1.807, 2.05) is 0 Å². The van der Waals surface area contributed by atoms with Gasteiger partial charge in [0.1, 0.15) is 51.9 Å². The lowest BCUT2D eigenvalue weighted by molar-refractivity contribution is 0.136. The lowest BCUT2D eigenvalue weighted by atomic mass is 10.3. The number of methoxy groups -OCH3 is 5. The molecule has 0 saturated heterocycles. The molecule has 0 saturated carbocycles. The summed E-state index contributed by atoms with van der Waals surface area (Å²) in [6.45, 7) is 0.578. The number of benzene rings is 1. The highest BCUT2D eigenvalue weighted by Crippen LogP contribution is 2.19. The van der Waals surface area contributed by atoms with Crippen LogP contribution in [0.3, 0.4) is 0 Å². The molecule has 0 amide bonds. The second kappa shape index (κ2) is 16.6. The van der Waals surface area contributed by atoms with Crippen LogP contribution in [-0.2, 0) is 23.7 Å². The number of hydrogen-bond acceptors (Lipinski definition) is 14. The Morgan fingerprint density at radius 3 is 1.21 bits per heavy atom. The minimum Gasteiger partial charge on any atom is -0.508 e. The largest absolute Gasteiger partial charge is 0.508 e. The highest BCUT2D eigenvalue weighted by molar-refractivity contribution is 5.45. The number of ether oxygens (including phenoxy) is 5. The van der Waals surface area contributed by atoms with Gasteiger partial charge in [-0.1, -0.05) is 6.07 Å². The average Bonchev–Trinajstić information content (AvgIpc) is 2.82. The minimum absolute atomic E-state index is 0.0880. The summed E-state index contributed by atoms with van der Waals surface area (Å²) in [5.41, 5.74) is 0.